The second kappa shape index (κ2) is 4.36. The third-order valence-electron chi connectivity index (χ3n) is 2.08. The molecular formula is C10H8F3N3O. The van der Waals surface area contributed by atoms with Crippen LogP contribution < -0.4 is 10.5 Å². The van der Waals surface area contributed by atoms with Crippen LogP contribution in [0, 0.1) is 5.82 Å². The van der Waals surface area contributed by atoms with Gasteiger partial charge in [0, 0.05) is 24.5 Å². The number of ether oxygens (including phenoxy) is 1. The Morgan fingerprint density at radius 2 is 2.12 bits per heavy atom. The van der Waals surface area contributed by atoms with E-state index in [9.17, 15) is 13.2 Å². The van der Waals surface area contributed by atoms with Crippen LogP contribution >= 0.6 is 0 Å². The van der Waals surface area contributed by atoms with Gasteiger partial charge in [-0.3, -0.25) is 0 Å². The Hall–Kier alpha value is -2.18. The normalized spacial score (nSPS) is 10.8. The van der Waals surface area contributed by atoms with E-state index in [1.165, 1.54) is 17.1 Å². The highest BCUT2D eigenvalue weighted by molar-refractivity contribution is 5.61. The van der Waals surface area contributed by atoms with E-state index < -0.39 is 18.2 Å². The first-order chi connectivity index (χ1) is 8.08. The number of benzene rings is 1. The molecule has 7 heteroatoms. The van der Waals surface area contributed by atoms with Gasteiger partial charge in [-0.2, -0.15) is 8.78 Å². The molecule has 0 amide bonds. The maximum absolute atomic E-state index is 13.3. The van der Waals surface area contributed by atoms with Crippen LogP contribution in [0.3, 0.4) is 0 Å². The summed E-state index contributed by atoms with van der Waals surface area (Å²) in [6.07, 6.45) is 4.45. The maximum Gasteiger partial charge on any atom is 0.387 e. The molecular weight excluding hydrogens is 235 g/mol. The van der Waals surface area contributed by atoms with Gasteiger partial charge < -0.3 is 15.0 Å². The Labute approximate surface area is 94.4 Å². The first kappa shape index (κ1) is 11.3. The van der Waals surface area contributed by atoms with Crippen LogP contribution in [0.2, 0.25) is 0 Å². The molecule has 4 nitrogen and oxygen atoms in total. The van der Waals surface area contributed by atoms with Crippen molar-refractivity contribution in [3.8, 4) is 11.4 Å². The number of alkyl halides is 2. The van der Waals surface area contributed by atoms with E-state index >= 15 is 0 Å². The Balaban J connectivity index is 2.46. The third-order valence-corrected chi connectivity index (χ3v) is 2.08. The fourth-order valence-corrected chi connectivity index (χ4v) is 1.37. The van der Waals surface area contributed by atoms with Crippen LogP contribution in [0.15, 0.2) is 30.9 Å². The van der Waals surface area contributed by atoms with Crippen LogP contribution in [0.1, 0.15) is 0 Å². The maximum atomic E-state index is 13.3. The highest BCUT2D eigenvalue weighted by Crippen LogP contribution is 2.27. The molecule has 0 aliphatic heterocycles. The van der Waals surface area contributed by atoms with E-state index in [2.05, 4.69) is 9.72 Å². The first-order valence-corrected chi connectivity index (χ1v) is 4.60. The van der Waals surface area contributed by atoms with E-state index in [1.54, 1.807) is 6.20 Å². The van der Waals surface area contributed by atoms with Gasteiger partial charge in [-0.1, -0.05) is 0 Å². The fraction of sp³-hybridized carbons (Fsp3) is 0.100. The Morgan fingerprint density at radius 3 is 2.71 bits per heavy atom. The average molecular weight is 243 g/mol. The molecule has 17 heavy (non-hydrogen) atoms. The summed E-state index contributed by atoms with van der Waals surface area (Å²) in [5.74, 6) is -1.50. The summed E-state index contributed by atoms with van der Waals surface area (Å²) < 4.78 is 42.8. The molecule has 0 saturated carbocycles. The van der Waals surface area contributed by atoms with Gasteiger partial charge in [0.2, 0.25) is 0 Å². The molecule has 0 saturated heterocycles. The van der Waals surface area contributed by atoms with Gasteiger partial charge >= 0.3 is 6.61 Å². The quantitative estimate of drug-likeness (QED) is 0.841. The molecule has 90 valence electrons. The van der Waals surface area contributed by atoms with Crippen molar-refractivity contribution >= 4 is 5.69 Å². The molecule has 2 N–H and O–H groups in total. The van der Waals surface area contributed by atoms with Crippen molar-refractivity contribution in [1.82, 2.24) is 9.55 Å². The smallest absolute Gasteiger partial charge is 0.387 e. The zero-order valence-corrected chi connectivity index (χ0v) is 8.48. The van der Waals surface area contributed by atoms with E-state index in [1.807, 2.05) is 0 Å². The van der Waals surface area contributed by atoms with Crippen molar-refractivity contribution < 1.29 is 17.9 Å². The second-order valence-corrected chi connectivity index (χ2v) is 3.19. The van der Waals surface area contributed by atoms with Crippen molar-refractivity contribution in [1.29, 1.82) is 0 Å². The summed E-state index contributed by atoms with van der Waals surface area (Å²) in [5.41, 5.74) is 6.00. The molecule has 1 aromatic carbocycles. The first-order valence-electron chi connectivity index (χ1n) is 4.60. The zero-order chi connectivity index (χ0) is 12.4. The lowest BCUT2D eigenvalue weighted by molar-refractivity contribution is -0.0521. The molecule has 0 atom stereocenters. The van der Waals surface area contributed by atoms with Gasteiger partial charge in [0.1, 0.15) is 0 Å². The molecule has 2 rings (SSSR count). The van der Waals surface area contributed by atoms with Gasteiger partial charge in [-0.25, -0.2) is 9.37 Å². The van der Waals surface area contributed by atoms with Crippen molar-refractivity contribution in [3.63, 3.8) is 0 Å². The molecule has 0 bridgehead atoms. The van der Waals surface area contributed by atoms with Gasteiger partial charge in [-0.15, -0.1) is 0 Å². The number of halogens is 3. The number of nitrogens with two attached hydrogens (primary N) is 1. The highest BCUT2D eigenvalue weighted by atomic mass is 19.3. The molecule has 0 spiro atoms. The molecule has 0 fully saturated rings. The van der Waals surface area contributed by atoms with Crippen LogP contribution in [-0.4, -0.2) is 16.2 Å². The summed E-state index contributed by atoms with van der Waals surface area (Å²) in [5, 5.41) is 0. The van der Waals surface area contributed by atoms with Gasteiger partial charge in [0.25, 0.3) is 0 Å². The molecule has 1 aromatic heterocycles. The second-order valence-electron chi connectivity index (χ2n) is 3.19. The average Bonchev–Trinajstić information content (AvgIpc) is 2.74. The van der Waals surface area contributed by atoms with Gasteiger partial charge in [0.15, 0.2) is 11.6 Å². The summed E-state index contributed by atoms with van der Waals surface area (Å²) in [6, 6.07) is 2.02. The monoisotopic (exact) mass is 243 g/mol. The minimum absolute atomic E-state index is 0.0992. The van der Waals surface area contributed by atoms with E-state index in [0.29, 0.717) is 5.69 Å². The zero-order valence-electron chi connectivity index (χ0n) is 8.48. The van der Waals surface area contributed by atoms with Crippen molar-refractivity contribution in [2.75, 3.05) is 5.73 Å². The van der Waals surface area contributed by atoms with Crippen LogP contribution in [0.25, 0.3) is 5.69 Å². The summed E-state index contributed by atoms with van der Waals surface area (Å²) in [6.45, 7) is -3.09. The Kier molecular flexibility index (Phi) is 2.90. The molecule has 0 radical (unpaired) electrons. The van der Waals surface area contributed by atoms with E-state index in [0.717, 1.165) is 12.1 Å². The topological polar surface area (TPSA) is 53.1 Å². The number of aromatic nitrogens is 2. The SMILES string of the molecule is Nc1cc(F)c(OC(F)F)cc1-n1ccnc1. The van der Waals surface area contributed by atoms with Crippen LogP contribution in [-0.2, 0) is 0 Å². The molecule has 0 aliphatic rings. The van der Waals surface area contributed by atoms with E-state index in [-0.39, 0.29) is 5.69 Å². The van der Waals surface area contributed by atoms with Crippen molar-refractivity contribution in [2.45, 2.75) is 6.61 Å². The molecule has 0 unspecified atom stereocenters. The number of imidazole rings is 1. The molecule has 1 heterocycles. The number of hydrogen-bond donors (Lipinski definition) is 1. The van der Waals surface area contributed by atoms with Gasteiger partial charge in [0.05, 0.1) is 17.7 Å². The summed E-state index contributed by atoms with van der Waals surface area (Å²) in [4.78, 5) is 3.78. The predicted octanol–water partition coefficient (Wildman–Crippen LogP) is 2.19. The lowest BCUT2D eigenvalue weighted by atomic mass is 10.2. The van der Waals surface area contributed by atoms with Crippen molar-refractivity contribution in [2.24, 2.45) is 0 Å². The third kappa shape index (κ3) is 2.32. The minimum Gasteiger partial charge on any atom is -0.432 e. The molecule has 2 aromatic rings. The number of nitrogens with zero attached hydrogens (tertiary/aromatic N) is 2. The standard InChI is InChI=1S/C10H8F3N3O/c11-6-3-7(14)8(16-2-1-15-5-16)4-9(6)17-10(12)13/h1-5,10H,14H2. The summed E-state index contributed by atoms with van der Waals surface area (Å²) >= 11 is 0. The summed E-state index contributed by atoms with van der Waals surface area (Å²) in [7, 11) is 0. The predicted molar refractivity (Wildman–Crippen MR) is 54.6 cm³/mol. The fourth-order valence-electron chi connectivity index (χ4n) is 1.37. The largest absolute Gasteiger partial charge is 0.432 e. The Bertz CT molecular complexity index is 514. The Morgan fingerprint density at radius 1 is 1.35 bits per heavy atom. The molecule has 0 aliphatic carbocycles. The highest BCUT2D eigenvalue weighted by Gasteiger charge is 2.14. The number of anilines is 1. The number of nitrogen functional groups attached to an aromatic ring is 1. The lowest BCUT2D eigenvalue weighted by Crippen LogP contribution is -2.06. The number of rotatable bonds is 3. The van der Waals surface area contributed by atoms with E-state index in [4.69, 9.17) is 5.73 Å². The van der Waals surface area contributed by atoms with Gasteiger partial charge in [-0.05, 0) is 0 Å². The minimum atomic E-state index is -3.09. The van der Waals surface area contributed by atoms with Crippen molar-refractivity contribution in [3.05, 3.63) is 36.7 Å². The van der Waals surface area contributed by atoms with Crippen LogP contribution in [0.4, 0.5) is 18.9 Å². The van der Waals surface area contributed by atoms with Crippen LogP contribution in [0.5, 0.6) is 5.75 Å². The lowest BCUT2D eigenvalue weighted by Gasteiger charge is -2.11. The number of hydrogen-bond acceptors (Lipinski definition) is 3.